The van der Waals surface area contributed by atoms with Crippen molar-refractivity contribution in [3.8, 4) is 0 Å². The van der Waals surface area contributed by atoms with Crippen LogP contribution in [0.1, 0.15) is 0 Å². The van der Waals surface area contributed by atoms with E-state index in [0.29, 0.717) is 6.54 Å². The first-order valence-corrected chi connectivity index (χ1v) is 3.31. The van der Waals surface area contributed by atoms with E-state index < -0.39 is 5.91 Å². The summed E-state index contributed by atoms with van der Waals surface area (Å²) in [5.74, 6) is -0.430. The molecule has 0 aromatic heterocycles. The van der Waals surface area contributed by atoms with Gasteiger partial charge in [0.15, 0.2) is 0 Å². The standard InChI is InChI=1S/C6H11N3O2/c1-8(2)6(11)9-3-4(9)5(7)10/h4H,3H2,1-2H3,(H2,7,10). The van der Waals surface area contributed by atoms with Crippen LogP contribution in [0.5, 0.6) is 0 Å². The van der Waals surface area contributed by atoms with E-state index in [1.807, 2.05) is 0 Å². The van der Waals surface area contributed by atoms with Gasteiger partial charge in [-0.1, -0.05) is 0 Å². The van der Waals surface area contributed by atoms with Gasteiger partial charge in [-0.05, 0) is 0 Å². The van der Waals surface area contributed by atoms with Crippen LogP contribution in [0.3, 0.4) is 0 Å². The number of urea groups is 1. The van der Waals surface area contributed by atoms with Crippen LogP contribution < -0.4 is 5.73 Å². The molecule has 3 amide bonds. The summed E-state index contributed by atoms with van der Waals surface area (Å²) >= 11 is 0. The van der Waals surface area contributed by atoms with Crippen molar-refractivity contribution in [3.05, 3.63) is 0 Å². The summed E-state index contributed by atoms with van der Waals surface area (Å²) in [4.78, 5) is 24.4. The highest BCUT2D eigenvalue weighted by Crippen LogP contribution is 2.17. The van der Waals surface area contributed by atoms with Gasteiger partial charge in [0.1, 0.15) is 6.04 Å². The molecule has 0 saturated carbocycles. The van der Waals surface area contributed by atoms with Crippen LogP contribution in [0.15, 0.2) is 0 Å². The fourth-order valence-corrected chi connectivity index (χ4v) is 0.851. The Hall–Kier alpha value is -1.26. The highest BCUT2D eigenvalue weighted by atomic mass is 16.2. The predicted molar refractivity (Wildman–Crippen MR) is 38.8 cm³/mol. The molecule has 0 spiro atoms. The minimum atomic E-state index is -0.430. The first kappa shape index (κ1) is 7.84. The van der Waals surface area contributed by atoms with Crippen molar-refractivity contribution in [2.45, 2.75) is 6.04 Å². The first-order chi connectivity index (χ1) is 5.04. The zero-order chi connectivity index (χ0) is 8.59. The third-order valence-electron chi connectivity index (χ3n) is 1.57. The molecule has 1 rings (SSSR count). The van der Waals surface area contributed by atoms with Crippen molar-refractivity contribution in [3.63, 3.8) is 0 Å². The second-order valence-corrected chi connectivity index (χ2v) is 2.75. The van der Waals surface area contributed by atoms with Gasteiger partial charge in [-0.2, -0.15) is 0 Å². The Morgan fingerprint density at radius 2 is 2.09 bits per heavy atom. The average Bonchev–Trinajstić information content (AvgIpc) is 2.63. The van der Waals surface area contributed by atoms with Gasteiger partial charge < -0.3 is 15.5 Å². The van der Waals surface area contributed by atoms with Gasteiger partial charge in [0.05, 0.1) is 6.54 Å². The molecule has 1 fully saturated rings. The number of nitrogens with zero attached hydrogens (tertiary/aromatic N) is 2. The third-order valence-corrected chi connectivity index (χ3v) is 1.57. The van der Waals surface area contributed by atoms with E-state index in [9.17, 15) is 9.59 Å². The van der Waals surface area contributed by atoms with Gasteiger partial charge in [-0.25, -0.2) is 4.79 Å². The summed E-state index contributed by atoms with van der Waals surface area (Å²) in [6.07, 6.45) is 0. The molecule has 5 heteroatoms. The quantitative estimate of drug-likeness (QED) is 0.488. The summed E-state index contributed by atoms with van der Waals surface area (Å²) in [6.45, 7) is 0.465. The SMILES string of the molecule is CN(C)C(=O)N1CC1C(N)=O. The molecule has 5 nitrogen and oxygen atoms in total. The lowest BCUT2D eigenvalue weighted by atomic mass is 10.5. The van der Waals surface area contributed by atoms with Crippen molar-refractivity contribution in [1.29, 1.82) is 0 Å². The lowest BCUT2D eigenvalue weighted by Crippen LogP contribution is -2.31. The Balaban J connectivity index is 2.44. The largest absolute Gasteiger partial charge is 0.368 e. The van der Waals surface area contributed by atoms with E-state index in [1.54, 1.807) is 14.1 Å². The van der Waals surface area contributed by atoms with Crippen molar-refractivity contribution >= 4 is 11.9 Å². The topological polar surface area (TPSA) is 66.4 Å². The normalized spacial score (nSPS) is 21.3. The van der Waals surface area contributed by atoms with Crippen molar-refractivity contribution < 1.29 is 9.59 Å². The molecule has 2 N–H and O–H groups in total. The van der Waals surface area contributed by atoms with Crippen molar-refractivity contribution in [1.82, 2.24) is 9.80 Å². The monoisotopic (exact) mass is 157 g/mol. The number of carbonyl (C=O) groups is 2. The molecule has 0 bridgehead atoms. The zero-order valence-electron chi connectivity index (χ0n) is 6.57. The maximum Gasteiger partial charge on any atom is 0.320 e. The minimum Gasteiger partial charge on any atom is -0.368 e. The lowest BCUT2D eigenvalue weighted by Gasteiger charge is -2.10. The van der Waals surface area contributed by atoms with E-state index in [0.717, 1.165) is 0 Å². The van der Waals surface area contributed by atoms with Crippen LogP contribution >= 0.6 is 0 Å². The van der Waals surface area contributed by atoms with E-state index in [1.165, 1.54) is 9.80 Å². The molecule has 1 unspecified atom stereocenters. The highest BCUT2D eigenvalue weighted by molar-refractivity contribution is 5.90. The number of primary amides is 1. The average molecular weight is 157 g/mol. The molecule has 1 aliphatic heterocycles. The second-order valence-electron chi connectivity index (χ2n) is 2.75. The Bertz CT molecular complexity index is 202. The van der Waals surface area contributed by atoms with E-state index in [4.69, 9.17) is 5.73 Å². The summed E-state index contributed by atoms with van der Waals surface area (Å²) in [5.41, 5.74) is 4.97. The molecular weight excluding hydrogens is 146 g/mol. The number of amides is 3. The summed E-state index contributed by atoms with van der Waals surface area (Å²) in [5, 5.41) is 0. The van der Waals surface area contributed by atoms with E-state index in [-0.39, 0.29) is 12.1 Å². The Morgan fingerprint density at radius 1 is 1.55 bits per heavy atom. The van der Waals surface area contributed by atoms with Gasteiger partial charge in [-0.15, -0.1) is 0 Å². The Morgan fingerprint density at radius 3 is 2.36 bits per heavy atom. The van der Waals surface area contributed by atoms with Gasteiger partial charge >= 0.3 is 6.03 Å². The van der Waals surface area contributed by atoms with Gasteiger partial charge in [0, 0.05) is 14.1 Å². The predicted octanol–water partition coefficient (Wildman–Crippen LogP) is -1.16. The van der Waals surface area contributed by atoms with Crippen LogP contribution in [0.2, 0.25) is 0 Å². The number of carbonyl (C=O) groups excluding carboxylic acids is 2. The first-order valence-electron chi connectivity index (χ1n) is 3.31. The van der Waals surface area contributed by atoms with Crippen LogP contribution in [0.25, 0.3) is 0 Å². The molecule has 11 heavy (non-hydrogen) atoms. The molecule has 1 aliphatic rings. The minimum absolute atomic E-state index is 0.159. The third kappa shape index (κ3) is 1.42. The number of hydrogen-bond donors (Lipinski definition) is 1. The maximum absolute atomic E-state index is 11.1. The molecule has 0 aromatic carbocycles. The van der Waals surface area contributed by atoms with Gasteiger partial charge in [-0.3, -0.25) is 4.79 Å². The summed E-state index contributed by atoms with van der Waals surface area (Å²) < 4.78 is 0. The van der Waals surface area contributed by atoms with Crippen LogP contribution in [-0.2, 0) is 4.79 Å². The molecule has 0 radical (unpaired) electrons. The molecule has 62 valence electrons. The number of hydrogen-bond acceptors (Lipinski definition) is 2. The van der Waals surface area contributed by atoms with Crippen LogP contribution in [0.4, 0.5) is 4.79 Å². The van der Waals surface area contributed by atoms with Crippen molar-refractivity contribution in [2.75, 3.05) is 20.6 Å². The van der Waals surface area contributed by atoms with Crippen LogP contribution in [-0.4, -0.2) is 48.4 Å². The summed E-state index contributed by atoms with van der Waals surface area (Å²) in [7, 11) is 3.28. The molecule has 1 saturated heterocycles. The molecule has 1 heterocycles. The van der Waals surface area contributed by atoms with E-state index in [2.05, 4.69) is 0 Å². The fourth-order valence-electron chi connectivity index (χ4n) is 0.851. The van der Waals surface area contributed by atoms with E-state index >= 15 is 0 Å². The highest BCUT2D eigenvalue weighted by Gasteiger charge is 2.43. The molecule has 0 aromatic rings. The molecule has 1 atom stereocenters. The van der Waals surface area contributed by atoms with Gasteiger partial charge in [0.2, 0.25) is 5.91 Å². The lowest BCUT2D eigenvalue weighted by molar-refractivity contribution is -0.118. The molecule has 0 aliphatic carbocycles. The summed E-state index contributed by atoms with van der Waals surface area (Å²) in [6, 6.07) is -0.529. The van der Waals surface area contributed by atoms with Crippen LogP contribution in [0, 0.1) is 0 Å². The maximum atomic E-state index is 11.1. The smallest absolute Gasteiger partial charge is 0.320 e. The van der Waals surface area contributed by atoms with Gasteiger partial charge in [0.25, 0.3) is 0 Å². The number of rotatable bonds is 1. The van der Waals surface area contributed by atoms with Crippen molar-refractivity contribution in [2.24, 2.45) is 5.73 Å². The molecular formula is C6H11N3O2. The number of nitrogens with two attached hydrogens (primary N) is 1. The second kappa shape index (κ2) is 2.41. The Labute approximate surface area is 64.7 Å². The fraction of sp³-hybridized carbons (Fsp3) is 0.667. The zero-order valence-corrected chi connectivity index (χ0v) is 6.57. The Kier molecular flexibility index (Phi) is 1.72.